The van der Waals surface area contributed by atoms with Gasteiger partial charge in [0, 0.05) is 37.3 Å². The summed E-state index contributed by atoms with van der Waals surface area (Å²) in [5, 5.41) is 3.10. The third kappa shape index (κ3) is 5.66. The van der Waals surface area contributed by atoms with Crippen LogP contribution in [0.15, 0.2) is 66.9 Å². The van der Waals surface area contributed by atoms with Crippen molar-refractivity contribution in [2.24, 2.45) is 5.92 Å². The number of anilines is 1. The molecule has 1 amide bonds. The molecule has 1 N–H and O–H groups in total. The number of aromatic nitrogens is 2. The molecule has 4 rings (SSSR count). The lowest BCUT2D eigenvalue weighted by Gasteiger charge is -2.32. The van der Waals surface area contributed by atoms with Crippen LogP contribution in [0.5, 0.6) is 0 Å². The minimum atomic E-state index is -0.277. The first-order chi connectivity index (χ1) is 15.2. The second-order valence-corrected chi connectivity index (χ2v) is 7.89. The number of nitrogens with one attached hydrogen (secondary N) is 1. The largest absolute Gasteiger partial charge is 0.356 e. The number of benzene rings is 2. The molecular formula is C25H27FN4O. The topological polar surface area (TPSA) is 58.1 Å². The van der Waals surface area contributed by atoms with E-state index >= 15 is 0 Å². The van der Waals surface area contributed by atoms with Gasteiger partial charge in [-0.1, -0.05) is 30.3 Å². The molecule has 0 spiro atoms. The monoisotopic (exact) mass is 418 g/mol. The number of rotatable bonds is 7. The van der Waals surface area contributed by atoms with Crippen LogP contribution in [-0.2, 0) is 11.2 Å². The highest BCUT2D eigenvalue weighted by Crippen LogP contribution is 2.24. The molecule has 1 aliphatic heterocycles. The van der Waals surface area contributed by atoms with E-state index in [9.17, 15) is 9.18 Å². The van der Waals surface area contributed by atoms with Gasteiger partial charge in [-0.15, -0.1) is 0 Å². The SMILES string of the molecule is O=C(NCCCc1ccccc1)C1CCN(c2ccnc(-c3ccc(F)cc3)n2)CC1. The zero-order valence-corrected chi connectivity index (χ0v) is 17.5. The van der Waals surface area contributed by atoms with Gasteiger partial charge in [-0.05, 0) is 61.6 Å². The van der Waals surface area contributed by atoms with Gasteiger partial charge in [0.25, 0.3) is 0 Å². The maximum absolute atomic E-state index is 13.2. The van der Waals surface area contributed by atoms with E-state index in [-0.39, 0.29) is 17.6 Å². The van der Waals surface area contributed by atoms with Gasteiger partial charge >= 0.3 is 0 Å². The first-order valence-electron chi connectivity index (χ1n) is 10.8. The second-order valence-electron chi connectivity index (χ2n) is 7.89. The predicted octanol–water partition coefficient (Wildman–Crippen LogP) is 4.25. The van der Waals surface area contributed by atoms with Gasteiger partial charge in [-0.25, -0.2) is 14.4 Å². The lowest BCUT2D eigenvalue weighted by Crippen LogP contribution is -2.41. The average Bonchev–Trinajstić information content (AvgIpc) is 2.83. The van der Waals surface area contributed by atoms with Crippen LogP contribution in [0.25, 0.3) is 11.4 Å². The molecule has 31 heavy (non-hydrogen) atoms. The first kappa shape index (κ1) is 21.0. The number of aryl methyl sites for hydroxylation is 1. The molecule has 0 atom stereocenters. The van der Waals surface area contributed by atoms with Crippen molar-refractivity contribution in [1.29, 1.82) is 0 Å². The van der Waals surface area contributed by atoms with Crippen LogP contribution in [0.1, 0.15) is 24.8 Å². The molecular weight excluding hydrogens is 391 g/mol. The van der Waals surface area contributed by atoms with Crippen molar-refractivity contribution in [3.63, 3.8) is 0 Å². The summed E-state index contributed by atoms with van der Waals surface area (Å²) >= 11 is 0. The van der Waals surface area contributed by atoms with Crippen molar-refractivity contribution < 1.29 is 9.18 Å². The standard InChI is InChI=1S/C25H27FN4O/c26-22-10-8-20(9-11-22)24-27-16-12-23(29-24)30-17-13-21(14-18-30)25(31)28-15-4-7-19-5-2-1-3-6-19/h1-3,5-6,8-12,16,21H,4,7,13-15,17-18H2,(H,28,31). The van der Waals surface area contributed by atoms with E-state index in [0.717, 1.165) is 50.2 Å². The Morgan fingerprint density at radius 3 is 2.52 bits per heavy atom. The molecule has 160 valence electrons. The fourth-order valence-corrected chi connectivity index (χ4v) is 3.93. The van der Waals surface area contributed by atoms with E-state index in [4.69, 9.17) is 0 Å². The van der Waals surface area contributed by atoms with Crippen LogP contribution in [0.3, 0.4) is 0 Å². The Morgan fingerprint density at radius 1 is 1.03 bits per heavy atom. The highest BCUT2D eigenvalue weighted by Gasteiger charge is 2.25. The van der Waals surface area contributed by atoms with Crippen molar-refractivity contribution in [1.82, 2.24) is 15.3 Å². The molecule has 0 bridgehead atoms. The molecule has 6 heteroatoms. The van der Waals surface area contributed by atoms with Crippen molar-refractivity contribution >= 4 is 11.7 Å². The maximum atomic E-state index is 13.2. The van der Waals surface area contributed by atoms with Crippen LogP contribution >= 0.6 is 0 Å². The Kier molecular flexibility index (Phi) is 6.87. The molecule has 5 nitrogen and oxygen atoms in total. The number of halogens is 1. The zero-order chi connectivity index (χ0) is 21.5. The highest BCUT2D eigenvalue weighted by molar-refractivity contribution is 5.79. The van der Waals surface area contributed by atoms with E-state index in [1.165, 1.54) is 17.7 Å². The minimum Gasteiger partial charge on any atom is -0.356 e. The fourth-order valence-electron chi connectivity index (χ4n) is 3.93. The first-order valence-corrected chi connectivity index (χ1v) is 10.8. The predicted molar refractivity (Wildman–Crippen MR) is 120 cm³/mol. The Labute approximate surface area is 182 Å². The molecule has 0 saturated carbocycles. The molecule has 1 saturated heterocycles. The number of hydrogen-bond acceptors (Lipinski definition) is 4. The van der Waals surface area contributed by atoms with E-state index in [0.29, 0.717) is 12.4 Å². The van der Waals surface area contributed by atoms with Gasteiger partial charge < -0.3 is 10.2 Å². The molecule has 0 aliphatic carbocycles. The molecule has 1 aromatic heterocycles. The van der Waals surface area contributed by atoms with Crippen molar-refractivity contribution in [2.45, 2.75) is 25.7 Å². The maximum Gasteiger partial charge on any atom is 0.223 e. The summed E-state index contributed by atoms with van der Waals surface area (Å²) in [6, 6.07) is 18.4. The summed E-state index contributed by atoms with van der Waals surface area (Å²) in [4.78, 5) is 23.7. The van der Waals surface area contributed by atoms with Gasteiger partial charge in [0.1, 0.15) is 11.6 Å². The molecule has 0 unspecified atom stereocenters. The average molecular weight is 419 g/mol. The Bertz CT molecular complexity index is 986. The van der Waals surface area contributed by atoms with Gasteiger partial charge in [0.15, 0.2) is 5.82 Å². The lowest BCUT2D eigenvalue weighted by molar-refractivity contribution is -0.125. The van der Waals surface area contributed by atoms with Crippen LogP contribution in [-0.4, -0.2) is 35.5 Å². The van der Waals surface area contributed by atoms with Crippen LogP contribution in [0, 0.1) is 11.7 Å². The van der Waals surface area contributed by atoms with Crippen LogP contribution < -0.4 is 10.2 Å². The Hall–Kier alpha value is -3.28. The summed E-state index contributed by atoms with van der Waals surface area (Å²) in [7, 11) is 0. The fraction of sp³-hybridized carbons (Fsp3) is 0.320. The normalized spacial score (nSPS) is 14.4. The van der Waals surface area contributed by atoms with Crippen molar-refractivity contribution in [3.05, 3.63) is 78.2 Å². The summed E-state index contributed by atoms with van der Waals surface area (Å²) in [6.45, 7) is 2.27. The van der Waals surface area contributed by atoms with Gasteiger partial charge in [-0.3, -0.25) is 4.79 Å². The number of piperidine rings is 1. The Balaban J connectivity index is 1.25. The van der Waals surface area contributed by atoms with Crippen LogP contribution in [0.4, 0.5) is 10.2 Å². The van der Waals surface area contributed by atoms with Gasteiger partial charge in [0.2, 0.25) is 5.91 Å². The lowest BCUT2D eigenvalue weighted by atomic mass is 9.96. The number of nitrogens with zero attached hydrogens (tertiary/aromatic N) is 3. The highest BCUT2D eigenvalue weighted by atomic mass is 19.1. The van der Waals surface area contributed by atoms with Gasteiger partial charge in [-0.2, -0.15) is 0 Å². The number of hydrogen-bond donors (Lipinski definition) is 1. The van der Waals surface area contributed by atoms with E-state index in [1.54, 1.807) is 18.3 Å². The van der Waals surface area contributed by atoms with E-state index in [2.05, 4.69) is 32.3 Å². The van der Waals surface area contributed by atoms with Crippen molar-refractivity contribution in [3.8, 4) is 11.4 Å². The van der Waals surface area contributed by atoms with Crippen molar-refractivity contribution in [2.75, 3.05) is 24.5 Å². The smallest absolute Gasteiger partial charge is 0.223 e. The number of carbonyl (C=O) groups excluding carboxylic acids is 1. The third-order valence-corrected chi connectivity index (χ3v) is 5.72. The summed E-state index contributed by atoms with van der Waals surface area (Å²) in [5.41, 5.74) is 2.09. The van der Waals surface area contributed by atoms with E-state index in [1.807, 2.05) is 24.3 Å². The van der Waals surface area contributed by atoms with Crippen LogP contribution in [0.2, 0.25) is 0 Å². The molecule has 1 fully saturated rings. The second kappa shape index (κ2) is 10.2. The summed E-state index contributed by atoms with van der Waals surface area (Å²) < 4.78 is 13.2. The minimum absolute atomic E-state index is 0.0476. The van der Waals surface area contributed by atoms with Gasteiger partial charge in [0.05, 0.1) is 0 Å². The molecule has 1 aliphatic rings. The summed E-state index contributed by atoms with van der Waals surface area (Å²) in [5.74, 6) is 1.35. The molecule has 2 aromatic carbocycles. The quantitative estimate of drug-likeness (QED) is 0.583. The zero-order valence-electron chi connectivity index (χ0n) is 17.5. The molecule has 3 aromatic rings. The van der Waals surface area contributed by atoms with E-state index < -0.39 is 0 Å². The number of amides is 1. The third-order valence-electron chi connectivity index (χ3n) is 5.72. The summed E-state index contributed by atoms with van der Waals surface area (Å²) in [6.07, 6.45) is 5.26. The molecule has 2 heterocycles. The molecule has 0 radical (unpaired) electrons. The number of carbonyl (C=O) groups is 1. The Morgan fingerprint density at radius 2 is 1.77 bits per heavy atom.